The first-order valence-electron chi connectivity index (χ1n) is 4.91. The van der Waals surface area contributed by atoms with Gasteiger partial charge in [0.15, 0.2) is 0 Å². The highest BCUT2D eigenvalue weighted by molar-refractivity contribution is 5.77. The van der Waals surface area contributed by atoms with E-state index in [1.54, 1.807) is 4.90 Å². The number of nitrogens with zero attached hydrogens (tertiary/aromatic N) is 1. The minimum atomic E-state index is -0.844. The summed E-state index contributed by atoms with van der Waals surface area (Å²) in [7, 11) is 0. The van der Waals surface area contributed by atoms with Crippen molar-refractivity contribution in [2.24, 2.45) is 0 Å². The minimum absolute atomic E-state index is 0.0429. The first kappa shape index (κ1) is 10.8. The van der Waals surface area contributed by atoms with E-state index in [1.807, 2.05) is 6.92 Å². The van der Waals surface area contributed by atoms with E-state index in [4.69, 9.17) is 5.11 Å². The molecular formula is C9H16N2O3. The Morgan fingerprint density at radius 2 is 2.43 bits per heavy atom. The SMILES string of the molecule is CCCC(CC(=O)O)N1CCNC1=O. The Hall–Kier alpha value is -1.26. The molecule has 1 unspecified atom stereocenters. The Bertz CT molecular complexity index is 230. The van der Waals surface area contributed by atoms with Crippen LogP contribution in [0.4, 0.5) is 4.79 Å². The summed E-state index contributed by atoms with van der Waals surface area (Å²) in [5.74, 6) is -0.844. The van der Waals surface area contributed by atoms with Crippen molar-refractivity contribution in [3.63, 3.8) is 0 Å². The molecule has 5 nitrogen and oxygen atoms in total. The lowest BCUT2D eigenvalue weighted by atomic mass is 10.1. The molecule has 0 saturated carbocycles. The zero-order valence-corrected chi connectivity index (χ0v) is 8.32. The van der Waals surface area contributed by atoms with Crippen molar-refractivity contribution in [2.45, 2.75) is 32.2 Å². The zero-order chi connectivity index (χ0) is 10.6. The van der Waals surface area contributed by atoms with E-state index in [9.17, 15) is 9.59 Å². The van der Waals surface area contributed by atoms with Gasteiger partial charge in [-0.25, -0.2) is 4.79 Å². The van der Waals surface area contributed by atoms with E-state index in [2.05, 4.69) is 5.32 Å². The van der Waals surface area contributed by atoms with Crippen LogP contribution in [0.1, 0.15) is 26.2 Å². The monoisotopic (exact) mass is 200 g/mol. The number of hydrogen-bond acceptors (Lipinski definition) is 2. The molecular weight excluding hydrogens is 184 g/mol. The normalized spacial score (nSPS) is 18.1. The number of rotatable bonds is 5. The molecule has 1 heterocycles. The number of carboxylic acids is 1. The lowest BCUT2D eigenvalue weighted by molar-refractivity contribution is -0.138. The third-order valence-electron chi connectivity index (χ3n) is 2.36. The molecule has 0 aromatic carbocycles. The average Bonchev–Trinajstić information content (AvgIpc) is 2.50. The van der Waals surface area contributed by atoms with E-state index < -0.39 is 5.97 Å². The van der Waals surface area contributed by atoms with Gasteiger partial charge in [0.05, 0.1) is 6.42 Å². The van der Waals surface area contributed by atoms with Crippen molar-refractivity contribution in [1.29, 1.82) is 0 Å². The lowest BCUT2D eigenvalue weighted by Gasteiger charge is -2.24. The Labute approximate surface area is 83.1 Å². The number of nitrogens with one attached hydrogen (secondary N) is 1. The summed E-state index contributed by atoms with van der Waals surface area (Å²) in [6.45, 7) is 3.23. The van der Waals surface area contributed by atoms with Crippen LogP contribution < -0.4 is 5.32 Å². The standard InChI is InChI=1S/C9H16N2O3/c1-2-3-7(6-8(12)13)11-5-4-10-9(11)14/h7H,2-6H2,1H3,(H,10,14)(H,12,13). The maximum absolute atomic E-state index is 11.3. The molecule has 2 amide bonds. The Balaban J connectivity index is 2.56. The first-order chi connectivity index (χ1) is 6.65. The van der Waals surface area contributed by atoms with E-state index in [0.717, 1.165) is 12.8 Å². The molecule has 0 aromatic rings. The smallest absolute Gasteiger partial charge is 0.317 e. The molecule has 0 bridgehead atoms. The van der Waals surface area contributed by atoms with Gasteiger partial charge < -0.3 is 15.3 Å². The highest BCUT2D eigenvalue weighted by Gasteiger charge is 2.28. The quantitative estimate of drug-likeness (QED) is 0.684. The third kappa shape index (κ3) is 2.61. The molecule has 2 N–H and O–H groups in total. The fourth-order valence-electron chi connectivity index (χ4n) is 1.74. The van der Waals surface area contributed by atoms with E-state index >= 15 is 0 Å². The van der Waals surface area contributed by atoms with E-state index in [0.29, 0.717) is 13.1 Å². The fraction of sp³-hybridized carbons (Fsp3) is 0.778. The van der Waals surface area contributed by atoms with Gasteiger partial charge in [0.25, 0.3) is 0 Å². The molecule has 0 radical (unpaired) electrons. The topological polar surface area (TPSA) is 69.6 Å². The largest absolute Gasteiger partial charge is 0.481 e. The van der Waals surface area contributed by atoms with Gasteiger partial charge >= 0.3 is 12.0 Å². The molecule has 14 heavy (non-hydrogen) atoms. The van der Waals surface area contributed by atoms with Crippen LogP contribution in [0.5, 0.6) is 0 Å². The van der Waals surface area contributed by atoms with Gasteiger partial charge in [-0.2, -0.15) is 0 Å². The van der Waals surface area contributed by atoms with Crippen LogP contribution in [0.25, 0.3) is 0 Å². The molecule has 1 aliphatic heterocycles. The number of carbonyl (C=O) groups excluding carboxylic acids is 1. The predicted molar refractivity (Wildman–Crippen MR) is 51.1 cm³/mol. The van der Waals surface area contributed by atoms with Gasteiger partial charge in [0, 0.05) is 19.1 Å². The van der Waals surface area contributed by atoms with Crippen molar-refractivity contribution in [1.82, 2.24) is 10.2 Å². The van der Waals surface area contributed by atoms with Crippen LogP contribution in [0.2, 0.25) is 0 Å². The molecule has 0 aliphatic carbocycles. The number of urea groups is 1. The van der Waals surface area contributed by atoms with Crippen LogP contribution >= 0.6 is 0 Å². The molecule has 1 atom stereocenters. The van der Waals surface area contributed by atoms with Gasteiger partial charge in [-0.15, -0.1) is 0 Å². The number of aliphatic carboxylic acids is 1. The predicted octanol–water partition coefficient (Wildman–Crippen LogP) is 0.655. The Morgan fingerprint density at radius 3 is 2.86 bits per heavy atom. The summed E-state index contributed by atoms with van der Waals surface area (Å²) < 4.78 is 0. The number of carbonyl (C=O) groups is 2. The lowest BCUT2D eigenvalue weighted by Crippen LogP contribution is -2.39. The summed E-state index contributed by atoms with van der Waals surface area (Å²) in [5, 5.41) is 11.4. The number of hydrogen-bond donors (Lipinski definition) is 2. The van der Waals surface area contributed by atoms with Crippen molar-refractivity contribution in [3.8, 4) is 0 Å². The second kappa shape index (κ2) is 4.83. The molecule has 1 rings (SSSR count). The van der Waals surface area contributed by atoms with Crippen molar-refractivity contribution < 1.29 is 14.7 Å². The molecule has 1 saturated heterocycles. The fourth-order valence-corrected chi connectivity index (χ4v) is 1.74. The summed E-state index contributed by atoms with van der Waals surface area (Å²) in [6.07, 6.45) is 1.68. The minimum Gasteiger partial charge on any atom is -0.481 e. The van der Waals surface area contributed by atoms with Gasteiger partial charge in [0.2, 0.25) is 0 Å². The van der Waals surface area contributed by atoms with E-state index in [1.165, 1.54) is 0 Å². The number of amides is 2. The highest BCUT2D eigenvalue weighted by atomic mass is 16.4. The van der Waals surface area contributed by atoms with Crippen LogP contribution in [0.15, 0.2) is 0 Å². The average molecular weight is 200 g/mol. The van der Waals surface area contributed by atoms with Gasteiger partial charge in [-0.3, -0.25) is 4.79 Å². The zero-order valence-electron chi connectivity index (χ0n) is 8.32. The summed E-state index contributed by atoms with van der Waals surface area (Å²) in [6, 6.07) is -0.287. The van der Waals surface area contributed by atoms with Gasteiger partial charge in [-0.1, -0.05) is 13.3 Å². The van der Waals surface area contributed by atoms with Crippen molar-refractivity contribution in [2.75, 3.05) is 13.1 Å². The summed E-state index contributed by atoms with van der Waals surface area (Å²) in [5.41, 5.74) is 0. The van der Waals surface area contributed by atoms with Crippen LogP contribution in [-0.4, -0.2) is 41.1 Å². The second-order valence-electron chi connectivity index (χ2n) is 3.47. The second-order valence-corrected chi connectivity index (χ2v) is 3.47. The van der Waals surface area contributed by atoms with Gasteiger partial charge in [0.1, 0.15) is 0 Å². The van der Waals surface area contributed by atoms with E-state index in [-0.39, 0.29) is 18.5 Å². The van der Waals surface area contributed by atoms with Crippen LogP contribution in [-0.2, 0) is 4.79 Å². The first-order valence-corrected chi connectivity index (χ1v) is 4.91. The van der Waals surface area contributed by atoms with Crippen LogP contribution in [0, 0.1) is 0 Å². The molecule has 0 spiro atoms. The third-order valence-corrected chi connectivity index (χ3v) is 2.36. The summed E-state index contributed by atoms with van der Waals surface area (Å²) in [4.78, 5) is 23.5. The summed E-state index contributed by atoms with van der Waals surface area (Å²) >= 11 is 0. The molecule has 5 heteroatoms. The Kier molecular flexibility index (Phi) is 3.73. The Morgan fingerprint density at radius 1 is 1.71 bits per heavy atom. The van der Waals surface area contributed by atoms with Crippen molar-refractivity contribution in [3.05, 3.63) is 0 Å². The molecule has 1 aliphatic rings. The highest BCUT2D eigenvalue weighted by Crippen LogP contribution is 2.13. The number of carboxylic acid groups (broad SMARTS) is 1. The maximum atomic E-state index is 11.3. The maximum Gasteiger partial charge on any atom is 0.317 e. The molecule has 0 aromatic heterocycles. The van der Waals surface area contributed by atoms with Gasteiger partial charge in [-0.05, 0) is 6.42 Å². The molecule has 1 fully saturated rings. The van der Waals surface area contributed by atoms with Crippen LogP contribution in [0.3, 0.4) is 0 Å². The van der Waals surface area contributed by atoms with Crippen molar-refractivity contribution >= 4 is 12.0 Å². The molecule has 80 valence electrons.